The number of ether oxygens (including phenoxy) is 1. The fraction of sp³-hybridized carbons (Fsp3) is 0.909. The molecule has 0 aliphatic carbocycles. The predicted molar refractivity (Wildman–Crippen MR) is 64.1 cm³/mol. The fourth-order valence-corrected chi connectivity index (χ4v) is 3.28. The lowest BCUT2D eigenvalue weighted by molar-refractivity contribution is 0.0115. The topological polar surface area (TPSA) is 67.2 Å². The molecule has 0 aromatic carbocycles. The molecule has 0 aromatic heterocycles. The molecule has 0 heterocycles. The van der Waals surface area contributed by atoms with Crippen LogP contribution in [0.4, 0.5) is 8.78 Å². The van der Waals surface area contributed by atoms with Crippen LogP contribution in [0.3, 0.4) is 0 Å². The fourth-order valence-electron chi connectivity index (χ4n) is 1.35. The van der Waals surface area contributed by atoms with Gasteiger partial charge < -0.3 is 4.74 Å². The van der Waals surface area contributed by atoms with Crippen LogP contribution in [0, 0.1) is 11.3 Å². The first-order valence-corrected chi connectivity index (χ1v) is 7.19. The van der Waals surface area contributed by atoms with Crippen molar-refractivity contribution in [3.05, 3.63) is 0 Å². The molecule has 0 aromatic rings. The second-order valence-corrected chi connectivity index (χ2v) is 7.18. The highest BCUT2D eigenvalue weighted by atomic mass is 32.2. The number of halogens is 2. The van der Waals surface area contributed by atoms with Gasteiger partial charge in [0.05, 0.1) is 17.4 Å². The lowest BCUT2D eigenvalue weighted by atomic mass is 10.2. The van der Waals surface area contributed by atoms with Gasteiger partial charge in [0.1, 0.15) is 5.25 Å². The first kappa shape index (κ1) is 17.3. The zero-order valence-corrected chi connectivity index (χ0v) is 11.9. The largest absolute Gasteiger partial charge is 0.378 e. The summed E-state index contributed by atoms with van der Waals surface area (Å²) in [6, 6.07) is 1.58. The highest BCUT2D eigenvalue weighted by Crippen LogP contribution is 2.24. The zero-order valence-electron chi connectivity index (χ0n) is 11.0. The number of nitrogens with zero attached hydrogens (tertiary/aromatic N) is 1. The van der Waals surface area contributed by atoms with E-state index in [2.05, 4.69) is 0 Å². The standard InChI is InChI=1S/C11H19F2NO3S/c1-10(2,17-4)8-18(15,16)9(7-14)5-6-11(3,12)13/h9H,5-6,8H2,1-4H3. The minimum Gasteiger partial charge on any atom is -0.378 e. The molecule has 18 heavy (non-hydrogen) atoms. The van der Waals surface area contributed by atoms with Gasteiger partial charge in [-0.15, -0.1) is 0 Å². The molecule has 0 saturated carbocycles. The summed E-state index contributed by atoms with van der Waals surface area (Å²) < 4.78 is 54.2. The smallest absolute Gasteiger partial charge is 0.245 e. The van der Waals surface area contributed by atoms with Crippen LogP contribution in [0.15, 0.2) is 0 Å². The summed E-state index contributed by atoms with van der Waals surface area (Å²) in [5.41, 5.74) is -0.942. The number of hydrogen-bond acceptors (Lipinski definition) is 4. The molecule has 0 fully saturated rings. The summed E-state index contributed by atoms with van der Waals surface area (Å²) in [7, 11) is -2.43. The van der Waals surface area contributed by atoms with E-state index in [0.29, 0.717) is 6.92 Å². The quantitative estimate of drug-likeness (QED) is 0.718. The lowest BCUT2D eigenvalue weighted by Gasteiger charge is -2.24. The molecule has 0 rings (SSSR count). The maximum Gasteiger partial charge on any atom is 0.245 e. The van der Waals surface area contributed by atoms with Crippen molar-refractivity contribution in [1.29, 1.82) is 5.26 Å². The first-order valence-electron chi connectivity index (χ1n) is 5.48. The van der Waals surface area contributed by atoms with Gasteiger partial charge in [-0.25, -0.2) is 17.2 Å². The van der Waals surface area contributed by atoms with Crippen LogP contribution < -0.4 is 0 Å². The number of methoxy groups -OCH3 is 1. The van der Waals surface area contributed by atoms with Crippen LogP contribution in [0.25, 0.3) is 0 Å². The van der Waals surface area contributed by atoms with Gasteiger partial charge in [-0.2, -0.15) is 5.26 Å². The van der Waals surface area contributed by atoms with E-state index in [1.807, 2.05) is 0 Å². The summed E-state index contributed by atoms with van der Waals surface area (Å²) in [5, 5.41) is 7.39. The summed E-state index contributed by atoms with van der Waals surface area (Å²) in [4.78, 5) is 0. The summed E-state index contributed by atoms with van der Waals surface area (Å²) in [6.45, 7) is 3.83. The van der Waals surface area contributed by atoms with Gasteiger partial charge >= 0.3 is 0 Å². The highest BCUT2D eigenvalue weighted by molar-refractivity contribution is 7.92. The van der Waals surface area contributed by atoms with Gasteiger partial charge in [0.2, 0.25) is 5.92 Å². The van der Waals surface area contributed by atoms with E-state index in [9.17, 15) is 17.2 Å². The molecule has 0 saturated heterocycles. The second-order valence-electron chi connectivity index (χ2n) is 5.00. The number of sulfone groups is 1. The van der Waals surface area contributed by atoms with Crippen LogP contribution in [-0.4, -0.2) is 38.1 Å². The molecular weight excluding hydrogens is 264 g/mol. The van der Waals surface area contributed by atoms with Crippen LogP contribution in [0.2, 0.25) is 0 Å². The zero-order chi connectivity index (χ0) is 14.6. The van der Waals surface area contributed by atoms with E-state index in [1.165, 1.54) is 7.11 Å². The molecule has 0 aliphatic rings. The Balaban J connectivity index is 4.81. The predicted octanol–water partition coefficient (Wildman–Crippen LogP) is 2.15. The number of hydrogen-bond donors (Lipinski definition) is 0. The molecule has 0 amide bonds. The molecule has 0 spiro atoms. The van der Waals surface area contributed by atoms with Crippen LogP contribution in [-0.2, 0) is 14.6 Å². The van der Waals surface area contributed by atoms with Crippen molar-refractivity contribution in [2.24, 2.45) is 0 Å². The van der Waals surface area contributed by atoms with Crippen LogP contribution in [0.5, 0.6) is 0 Å². The normalized spacial score (nSPS) is 15.2. The Morgan fingerprint density at radius 3 is 2.17 bits per heavy atom. The Kier molecular flexibility index (Phi) is 5.69. The summed E-state index contributed by atoms with van der Waals surface area (Å²) in [5.74, 6) is -3.34. The second kappa shape index (κ2) is 5.93. The van der Waals surface area contributed by atoms with Crippen molar-refractivity contribution in [3.8, 4) is 6.07 Å². The van der Waals surface area contributed by atoms with Crippen LogP contribution in [0.1, 0.15) is 33.6 Å². The van der Waals surface area contributed by atoms with Gasteiger partial charge in [-0.1, -0.05) is 0 Å². The average Bonchev–Trinajstić information content (AvgIpc) is 2.14. The van der Waals surface area contributed by atoms with E-state index in [4.69, 9.17) is 10.00 Å². The lowest BCUT2D eigenvalue weighted by Crippen LogP contribution is -2.37. The van der Waals surface area contributed by atoms with E-state index in [1.54, 1.807) is 19.9 Å². The van der Waals surface area contributed by atoms with E-state index < -0.39 is 33.0 Å². The number of nitriles is 1. The molecule has 106 valence electrons. The summed E-state index contributed by atoms with van der Waals surface area (Å²) in [6.07, 6.45) is -1.00. The Morgan fingerprint density at radius 2 is 1.83 bits per heavy atom. The van der Waals surface area contributed by atoms with Gasteiger partial charge in [-0.3, -0.25) is 0 Å². The SMILES string of the molecule is COC(C)(C)CS(=O)(=O)C(C#N)CCC(C)(F)F. The third kappa shape index (κ3) is 6.26. The van der Waals surface area contributed by atoms with Crippen molar-refractivity contribution in [1.82, 2.24) is 0 Å². The molecule has 0 N–H and O–H groups in total. The molecule has 0 aliphatic heterocycles. The maximum absolute atomic E-state index is 12.7. The van der Waals surface area contributed by atoms with Crippen molar-refractivity contribution >= 4 is 9.84 Å². The molecule has 0 radical (unpaired) electrons. The molecule has 1 atom stereocenters. The summed E-state index contributed by atoms with van der Waals surface area (Å²) >= 11 is 0. The third-order valence-electron chi connectivity index (χ3n) is 2.52. The molecular formula is C11H19F2NO3S. The van der Waals surface area contributed by atoms with E-state index >= 15 is 0 Å². The molecule has 1 unspecified atom stereocenters. The highest BCUT2D eigenvalue weighted by Gasteiger charge is 2.34. The average molecular weight is 283 g/mol. The molecule has 4 nitrogen and oxygen atoms in total. The van der Waals surface area contributed by atoms with Crippen molar-refractivity contribution in [3.63, 3.8) is 0 Å². The minimum atomic E-state index is -3.78. The number of rotatable bonds is 7. The van der Waals surface area contributed by atoms with Gasteiger partial charge in [0, 0.05) is 13.5 Å². The Morgan fingerprint density at radius 1 is 1.33 bits per heavy atom. The Hall–Kier alpha value is -0.740. The van der Waals surface area contributed by atoms with Gasteiger partial charge in [0.25, 0.3) is 0 Å². The van der Waals surface area contributed by atoms with Crippen molar-refractivity contribution < 1.29 is 21.9 Å². The third-order valence-corrected chi connectivity index (χ3v) is 4.83. The minimum absolute atomic E-state index is 0.371. The van der Waals surface area contributed by atoms with Crippen LogP contribution >= 0.6 is 0 Å². The monoisotopic (exact) mass is 283 g/mol. The van der Waals surface area contributed by atoms with Crippen molar-refractivity contribution in [2.45, 2.75) is 50.4 Å². The Labute approximate surface area is 107 Å². The maximum atomic E-state index is 12.7. The van der Waals surface area contributed by atoms with E-state index in [-0.39, 0.29) is 12.2 Å². The van der Waals surface area contributed by atoms with E-state index in [0.717, 1.165) is 0 Å². The molecule has 0 bridgehead atoms. The van der Waals surface area contributed by atoms with Crippen molar-refractivity contribution in [2.75, 3.05) is 12.9 Å². The Bertz CT molecular complexity index is 407. The molecule has 7 heteroatoms. The van der Waals surface area contributed by atoms with Gasteiger partial charge in [-0.05, 0) is 27.2 Å². The number of alkyl halides is 2. The first-order chi connectivity index (χ1) is 7.93. The van der Waals surface area contributed by atoms with Gasteiger partial charge in [0.15, 0.2) is 9.84 Å².